The smallest absolute Gasteiger partial charge is 0.240 e. The van der Waals surface area contributed by atoms with Crippen LogP contribution < -0.4 is 10.7 Å². The van der Waals surface area contributed by atoms with Crippen LogP contribution in [0.15, 0.2) is 59.8 Å². The average Bonchev–Trinajstić information content (AvgIpc) is 3.02. The first-order valence-electron chi connectivity index (χ1n) is 8.08. The second-order valence-corrected chi connectivity index (χ2v) is 7.47. The Morgan fingerprint density at radius 2 is 2.00 bits per heavy atom. The first-order valence-corrected chi connectivity index (χ1v) is 9.34. The van der Waals surface area contributed by atoms with Gasteiger partial charge in [-0.1, -0.05) is 59.8 Å². The van der Waals surface area contributed by atoms with E-state index in [9.17, 15) is 4.79 Å². The lowest BCUT2D eigenvalue weighted by molar-refractivity contribution is -0.116. The van der Waals surface area contributed by atoms with Crippen LogP contribution in [0.2, 0.25) is 5.02 Å². The molecule has 2 aromatic carbocycles. The van der Waals surface area contributed by atoms with Gasteiger partial charge in [-0.3, -0.25) is 4.79 Å². The van der Waals surface area contributed by atoms with Crippen LogP contribution >= 0.6 is 23.4 Å². The van der Waals surface area contributed by atoms with Gasteiger partial charge in [0.25, 0.3) is 0 Å². The number of anilines is 1. The predicted octanol–water partition coefficient (Wildman–Crippen LogP) is 3.64. The number of nitrogens with one attached hydrogen (secondary N) is 2. The lowest BCUT2D eigenvalue weighted by Gasteiger charge is -2.32. The minimum atomic E-state index is -0.410. The van der Waals surface area contributed by atoms with Gasteiger partial charge in [0.2, 0.25) is 11.1 Å². The highest BCUT2D eigenvalue weighted by Gasteiger charge is 2.37. The summed E-state index contributed by atoms with van der Waals surface area (Å²) < 4.78 is 1.82. The molecule has 1 amide bonds. The van der Waals surface area contributed by atoms with Crippen molar-refractivity contribution in [3.8, 4) is 0 Å². The Bertz CT molecular complexity index is 946. The Morgan fingerprint density at radius 1 is 1.19 bits per heavy atom. The third kappa shape index (κ3) is 3.27. The summed E-state index contributed by atoms with van der Waals surface area (Å²) in [7, 11) is 0. The highest BCUT2D eigenvalue weighted by molar-refractivity contribution is 8.00. The molecule has 4 rings (SSSR count). The van der Waals surface area contributed by atoms with Gasteiger partial charge in [-0.2, -0.15) is 0 Å². The average molecular weight is 386 g/mol. The zero-order valence-corrected chi connectivity index (χ0v) is 15.5. The molecule has 0 spiro atoms. The van der Waals surface area contributed by atoms with Gasteiger partial charge in [0.1, 0.15) is 11.1 Å². The molecule has 8 heteroatoms. The summed E-state index contributed by atoms with van der Waals surface area (Å²) in [5, 5.41) is 12.0. The number of nitrogens with zero attached hydrogens (tertiary/aromatic N) is 3. The van der Waals surface area contributed by atoms with Gasteiger partial charge in [0.15, 0.2) is 0 Å². The minimum Gasteiger partial charge on any atom is -0.325 e. The maximum Gasteiger partial charge on any atom is 0.240 e. The Balaban J connectivity index is 1.66. The maximum absolute atomic E-state index is 13.0. The lowest BCUT2D eigenvalue weighted by Crippen LogP contribution is -2.41. The van der Waals surface area contributed by atoms with E-state index >= 15 is 0 Å². The van der Waals surface area contributed by atoms with E-state index in [0.717, 1.165) is 11.4 Å². The third-order valence-electron chi connectivity index (χ3n) is 4.11. The molecule has 26 heavy (non-hydrogen) atoms. The van der Waals surface area contributed by atoms with Crippen LogP contribution in [-0.4, -0.2) is 26.0 Å². The standard InChI is InChI=1S/C18H16ClN5OS/c1-11-21-22-18-24(11)23-15(12-6-3-2-4-7-12)16(26-18)17(25)20-14-9-5-8-13(19)10-14/h2-10,15-16,23H,1H3,(H,20,25). The monoisotopic (exact) mass is 385 g/mol. The van der Waals surface area contributed by atoms with Gasteiger partial charge in [0.05, 0.1) is 6.04 Å². The molecule has 0 bridgehead atoms. The Kier molecular flexibility index (Phi) is 4.57. The largest absolute Gasteiger partial charge is 0.325 e. The fourth-order valence-electron chi connectivity index (χ4n) is 2.85. The molecule has 2 heterocycles. The summed E-state index contributed by atoms with van der Waals surface area (Å²) in [4.78, 5) is 13.0. The van der Waals surface area contributed by atoms with Crippen LogP contribution in [0.1, 0.15) is 17.4 Å². The number of carbonyl (C=O) groups excluding carboxylic acids is 1. The van der Waals surface area contributed by atoms with Crippen LogP contribution in [0.5, 0.6) is 0 Å². The van der Waals surface area contributed by atoms with Crippen molar-refractivity contribution in [2.75, 3.05) is 10.7 Å². The van der Waals surface area contributed by atoms with Crippen molar-refractivity contribution >= 4 is 35.0 Å². The van der Waals surface area contributed by atoms with Crippen molar-refractivity contribution in [3.63, 3.8) is 0 Å². The number of amides is 1. The van der Waals surface area contributed by atoms with Crippen LogP contribution in [0, 0.1) is 6.92 Å². The summed E-state index contributed by atoms with van der Waals surface area (Å²) >= 11 is 7.41. The van der Waals surface area contributed by atoms with Gasteiger partial charge < -0.3 is 10.7 Å². The molecular formula is C18H16ClN5OS. The van der Waals surface area contributed by atoms with Crippen LogP contribution in [0.3, 0.4) is 0 Å². The summed E-state index contributed by atoms with van der Waals surface area (Å²) in [5.41, 5.74) is 5.06. The van der Waals surface area contributed by atoms with Crippen LogP contribution in [-0.2, 0) is 4.79 Å². The molecule has 0 saturated carbocycles. The quantitative estimate of drug-likeness (QED) is 0.720. The van der Waals surface area contributed by atoms with Gasteiger partial charge in [-0.25, -0.2) is 4.68 Å². The fourth-order valence-corrected chi connectivity index (χ4v) is 4.17. The zero-order valence-electron chi connectivity index (χ0n) is 13.9. The Morgan fingerprint density at radius 3 is 2.77 bits per heavy atom. The molecule has 6 nitrogen and oxygen atoms in total. The first kappa shape index (κ1) is 16.9. The normalized spacial score (nSPS) is 18.7. The number of carbonyl (C=O) groups is 1. The van der Waals surface area contributed by atoms with Gasteiger partial charge in [-0.15, -0.1) is 10.2 Å². The Hall–Kier alpha value is -2.51. The molecule has 1 aliphatic rings. The molecule has 2 unspecified atom stereocenters. The number of aryl methyl sites for hydroxylation is 1. The van der Waals surface area contributed by atoms with Crippen LogP contribution in [0.25, 0.3) is 0 Å². The zero-order chi connectivity index (χ0) is 18.1. The first-order chi connectivity index (χ1) is 12.6. The summed E-state index contributed by atoms with van der Waals surface area (Å²) in [6.07, 6.45) is 0. The van der Waals surface area contributed by atoms with Crippen molar-refractivity contribution in [2.45, 2.75) is 23.4 Å². The molecule has 2 atom stereocenters. The van der Waals surface area contributed by atoms with E-state index in [1.54, 1.807) is 18.2 Å². The van der Waals surface area contributed by atoms with Crippen molar-refractivity contribution in [1.29, 1.82) is 0 Å². The van der Waals surface area contributed by atoms with Crippen molar-refractivity contribution in [2.24, 2.45) is 0 Å². The third-order valence-corrected chi connectivity index (χ3v) is 5.56. The summed E-state index contributed by atoms with van der Waals surface area (Å²) in [5.74, 6) is 0.632. The second kappa shape index (κ2) is 7.01. The topological polar surface area (TPSA) is 71.8 Å². The molecular weight excluding hydrogens is 370 g/mol. The van der Waals surface area contributed by atoms with E-state index in [2.05, 4.69) is 20.9 Å². The van der Waals surface area contributed by atoms with E-state index < -0.39 is 5.25 Å². The van der Waals surface area contributed by atoms with E-state index in [0.29, 0.717) is 15.9 Å². The summed E-state index contributed by atoms with van der Waals surface area (Å²) in [6.45, 7) is 1.87. The molecule has 0 fully saturated rings. The Labute approximate surface area is 159 Å². The summed E-state index contributed by atoms with van der Waals surface area (Å²) in [6, 6.07) is 16.8. The molecule has 2 N–H and O–H groups in total. The SMILES string of the molecule is Cc1nnc2n1NC(c1ccccc1)C(C(=O)Nc1cccc(Cl)c1)S2. The van der Waals surface area contributed by atoms with Crippen molar-refractivity contribution < 1.29 is 4.79 Å². The minimum absolute atomic E-state index is 0.120. The van der Waals surface area contributed by atoms with E-state index in [-0.39, 0.29) is 11.9 Å². The van der Waals surface area contributed by atoms with E-state index in [4.69, 9.17) is 11.6 Å². The molecule has 0 aliphatic carbocycles. The van der Waals surface area contributed by atoms with Gasteiger partial charge in [0, 0.05) is 10.7 Å². The number of benzene rings is 2. The lowest BCUT2D eigenvalue weighted by atomic mass is 10.0. The number of hydrogen-bond acceptors (Lipinski definition) is 5. The molecule has 1 aliphatic heterocycles. The maximum atomic E-state index is 13.0. The van der Waals surface area contributed by atoms with Crippen molar-refractivity contribution in [1.82, 2.24) is 14.9 Å². The van der Waals surface area contributed by atoms with Crippen LogP contribution in [0.4, 0.5) is 5.69 Å². The number of hydrogen-bond donors (Lipinski definition) is 2. The van der Waals surface area contributed by atoms with Gasteiger partial charge >= 0.3 is 0 Å². The molecule has 1 aromatic heterocycles. The molecule has 0 saturated heterocycles. The predicted molar refractivity (Wildman–Crippen MR) is 103 cm³/mol. The number of fused-ring (bicyclic) bond motifs is 1. The van der Waals surface area contributed by atoms with Gasteiger partial charge in [-0.05, 0) is 30.7 Å². The fraction of sp³-hybridized carbons (Fsp3) is 0.167. The van der Waals surface area contributed by atoms with E-state index in [1.165, 1.54) is 11.8 Å². The highest BCUT2D eigenvalue weighted by Crippen LogP contribution is 2.37. The highest BCUT2D eigenvalue weighted by atomic mass is 35.5. The van der Waals surface area contributed by atoms with E-state index in [1.807, 2.05) is 48.0 Å². The number of rotatable bonds is 3. The molecule has 3 aromatic rings. The molecule has 132 valence electrons. The second-order valence-electron chi connectivity index (χ2n) is 5.92. The molecule has 0 radical (unpaired) electrons. The number of thioether (sulfide) groups is 1. The number of aromatic nitrogens is 3. The number of halogens is 1. The van der Waals surface area contributed by atoms with Crippen molar-refractivity contribution in [3.05, 3.63) is 71.0 Å².